The molecular weight excluding hydrogens is 330 g/mol. The van der Waals surface area contributed by atoms with E-state index in [2.05, 4.69) is 20.6 Å². The van der Waals surface area contributed by atoms with E-state index in [0.717, 1.165) is 34.7 Å². The van der Waals surface area contributed by atoms with Crippen LogP contribution in [0.15, 0.2) is 36.8 Å². The number of nitrogens with zero attached hydrogens (tertiary/aromatic N) is 3. The van der Waals surface area contributed by atoms with Crippen molar-refractivity contribution in [2.24, 2.45) is 0 Å². The van der Waals surface area contributed by atoms with Gasteiger partial charge in [-0.1, -0.05) is 6.92 Å². The molecule has 2 heterocycles. The van der Waals surface area contributed by atoms with E-state index in [1.165, 1.54) is 0 Å². The number of aryl methyl sites for hydroxylation is 2. The molecule has 26 heavy (non-hydrogen) atoms. The molecule has 2 aromatic heterocycles. The van der Waals surface area contributed by atoms with E-state index in [0.29, 0.717) is 5.78 Å². The number of fused-ring (bicyclic) bond motifs is 1. The number of anilines is 1. The Balaban J connectivity index is 1.73. The van der Waals surface area contributed by atoms with Crippen molar-refractivity contribution in [1.82, 2.24) is 19.7 Å². The highest BCUT2D eigenvalue weighted by Crippen LogP contribution is 2.26. The third kappa shape index (κ3) is 3.61. The van der Waals surface area contributed by atoms with Crippen LogP contribution >= 0.6 is 0 Å². The van der Waals surface area contributed by atoms with Gasteiger partial charge in [0.25, 0.3) is 0 Å². The minimum Gasteiger partial charge on any atom is -0.496 e. The molecule has 7 heteroatoms. The number of rotatable bonds is 5. The maximum atomic E-state index is 12.4. The van der Waals surface area contributed by atoms with Crippen molar-refractivity contribution in [2.45, 2.75) is 33.2 Å². The minimum absolute atomic E-state index is 0.197. The average Bonchev–Trinajstić information content (AvgIpc) is 3.03. The summed E-state index contributed by atoms with van der Waals surface area (Å²) in [7, 11) is 1.64. The van der Waals surface area contributed by atoms with Gasteiger partial charge in [0.1, 0.15) is 5.75 Å². The number of carbonyl (C=O) groups excluding carboxylic acids is 1. The summed E-state index contributed by atoms with van der Waals surface area (Å²) in [6.07, 6.45) is 6.19. The van der Waals surface area contributed by atoms with Gasteiger partial charge in [-0.2, -0.15) is 0 Å². The van der Waals surface area contributed by atoms with E-state index in [-0.39, 0.29) is 12.1 Å². The van der Waals surface area contributed by atoms with Gasteiger partial charge in [-0.25, -0.2) is 14.8 Å². The number of carbonyl (C=O) groups is 1. The van der Waals surface area contributed by atoms with Crippen LogP contribution in [0.3, 0.4) is 0 Å². The van der Waals surface area contributed by atoms with Crippen LogP contribution < -0.4 is 15.4 Å². The molecule has 3 rings (SSSR count). The fourth-order valence-electron chi connectivity index (χ4n) is 3.07. The molecule has 0 radical (unpaired) electrons. The Hall–Kier alpha value is -3.09. The number of benzene rings is 1. The number of imidazole rings is 1. The molecule has 136 valence electrons. The second-order valence-corrected chi connectivity index (χ2v) is 6.20. The topological polar surface area (TPSA) is 80.5 Å². The molecule has 2 N–H and O–H groups in total. The van der Waals surface area contributed by atoms with Crippen molar-refractivity contribution in [3.05, 3.63) is 53.6 Å². The summed E-state index contributed by atoms with van der Waals surface area (Å²) in [5.41, 5.74) is 3.45. The van der Waals surface area contributed by atoms with Crippen molar-refractivity contribution in [3.8, 4) is 5.75 Å². The van der Waals surface area contributed by atoms with E-state index in [4.69, 9.17) is 4.74 Å². The van der Waals surface area contributed by atoms with Crippen molar-refractivity contribution >= 4 is 17.5 Å². The summed E-state index contributed by atoms with van der Waals surface area (Å²) < 4.78 is 7.20. The van der Waals surface area contributed by atoms with Crippen molar-refractivity contribution in [3.63, 3.8) is 0 Å². The van der Waals surface area contributed by atoms with E-state index < -0.39 is 0 Å². The first-order chi connectivity index (χ1) is 12.5. The van der Waals surface area contributed by atoms with Gasteiger partial charge in [0.2, 0.25) is 5.78 Å². The minimum atomic E-state index is -0.272. The fourth-order valence-corrected chi connectivity index (χ4v) is 3.07. The Labute approximate surface area is 152 Å². The van der Waals surface area contributed by atoms with Crippen LogP contribution in [0.2, 0.25) is 0 Å². The number of nitrogens with one attached hydrogen (secondary N) is 2. The smallest absolute Gasteiger partial charge is 0.319 e. The van der Waals surface area contributed by atoms with Crippen LogP contribution in [-0.4, -0.2) is 27.5 Å². The van der Waals surface area contributed by atoms with Gasteiger partial charge >= 0.3 is 6.03 Å². The third-order valence-corrected chi connectivity index (χ3v) is 4.25. The van der Waals surface area contributed by atoms with E-state index >= 15 is 0 Å². The predicted molar refractivity (Wildman–Crippen MR) is 101 cm³/mol. The lowest BCUT2D eigenvalue weighted by molar-refractivity contribution is 0.248. The van der Waals surface area contributed by atoms with Gasteiger partial charge in [0, 0.05) is 24.3 Å². The molecule has 0 aliphatic heterocycles. The average molecular weight is 353 g/mol. The van der Waals surface area contributed by atoms with Crippen LogP contribution in [0.5, 0.6) is 5.75 Å². The summed E-state index contributed by atoms with van der Waals surface area (Å²) in [4.78, 5) is 21.1. The van der Waals surface area contributed by atoms with Crippen LogP contribution in [0.25, 0.3) is 5.78 Å². The largest absolute Gasteiger partial charge is 0.496 e. The molecule has 3 aromatic rings. The molecule has 0 spiro atoms. The normalized spacial score (nSPS) is 12.0. The Morgan fingerprint density at radius 3 is 2.65 bits per heavy atom. The van der Waals surface area contributed by atoms with Crippen LogP contribution in [0.1, 0.15) is 36.2 Å². The Kier molecular flexibility index (Phi) is 5.06. The van der Waals surface area contributed by atoms with Crippen molar-refractivity contribution in [2.75, 3.05) is 12.4 Å². The lowest BCUT2D eigenvalue weighted by atomic mass is 10.1. The molecule has 1 aromatic carbocycles. The van der Waals surface area contributed by atoms with Crippen LogP contribution in [0, 0.1) is 13.8 Å². The third-order valence-electron chi connectivity index (χ3n) is 4.25. The second-order valence-electron chi connectivity index (χ2n) is 6.20. The first kappa shape index (κ1) is 17.7. The highest BCUT2D eigenvalue weighted by Gasteiger charge is 2.17. The summed E-state index contributed by atoms with van der Waals surface area (Å²) >= 11 is 0. The second kappa shape index (κ2) is 7.43. The van der Waals surface area contributed by atoms with Gasteiger partial charge in [-0.3, -0.25) is 4.40 Å². The molecule has 0 saturated carbocycles. The lowest BCUT2D eigenvalue weighted by Crippen LogP contribution is -2.32. The molecule has 0 unspecified atom stereocenters. The quantitative estimate of drug-likeness (QED) is 0.734. The maximum Gasteiger partial charge on any atom is 0.319 e. The van der Waals surface area contributed by atoms with Gasteiger partial charge in [-0.05, 0) is 49.6 Å². The number of hydrogen-bond donors (Lipinski definition) is 2. The maximum absolute atomic E-state index is 12.4. The van der Waals surface area contributed by atoms with E-state index in [1.807, 2.05) is 55.8 Å². The van der Waals surface area contributed by atoms with Crippen LogP contribution in [0.4, 0.5) is 10.5 Å². The molecule has 0 aliphatic rings. The number of urea groups is 1. The number of amides is 2. The molecule has 0 aliphatic carbocycles. The summed E-state index contributed by atoms with van der Waals surface area (Å²) in [6, 6.07) is 5.15. The lowest BCUT2D eigenvalue weighted by Gasteiger charge is -2.16. The fraction of sp³-hybridized carbons (Fsp3) is 0.316. The summed E-state index contributed by atoms with van der Waals surface area (Å²) in [5.74, 6) is 1.45. The Morgan fingerprint density at radius 1 is 1.31 bits per heavy atom. The number of aromatic nitrogens is 3. The van der Waals surface area contributed by atoms with Crippen LogP contribution in [-0.2, 0) is 0 Å². The molecule has 0 bridgehead atoms. The zero-order valence-electron chi connectivity index (χ0n) is 15.4. The summed E-state index contributed by atoms with van der Waals surface area (Å²) in [5, 5.41) is 5.86. The molecular formula is C19H23N5O2. The Morgan fingerprint density at radius 2 is 2.04 bits per heavy atom. The highest BCUT2D eigenvalue weighted by atomic mass is 16.5. The zero-order chi connectivity index (χ0) is 18.7. The molecule has 0 saturated heterocycles. The summed E-state index contributed by atoms with van der Waals surface area (Å²) in [6.45, 7) is 5.91. The zero-order valence-corrected chi connectivity index (χ0v) is 15.4. The molecule has 7 nitrogen and oxygen atoms in total. The highest BCUT2D eigenvalue weighted by molar-refractivity contribution is 5.90. The molecule has 1 atom stereocenters. The van der Waals surface area contributed by atoms with E-state index in [1.54, 1.807) is 13.3 Å². The first-order valence-electron chi connectivity index (χ1n) is 8.54. The van der Waals surface area contributed by atoms with Gasteiger partial charge < -0.3 is 15.4 Å². The SMILES string of the molecule is CC[C@H](NC(=O)Nc1cc(C)c(OC)c(C)c1)c1cn2cccnc2n1. The van der Waals surface area contributed by atoms with Gasteiger partial charge in [-0.15, -0.1) is 0 Å². The standard InChI is InChI=1S/C19H23N5O2/c1-5-15(16-11-24-8-6-7-20-18(24)22-16)23-19(25)21-14-9-12(2)17(26-4)13(3)10-14/h6-11,15H,5H2,1-4H3,(H2,21,23,25)/t15-/m0/s1. The van der Waals surface area contributed by atoms with Gasteiger partial charge in [0.05, 0.1) is 18.8 Å². The first-order valence-corrected chi connectivity index (χ1v) is 8.54. The Bertz CT molecular complexity index is 879. The monoisotopic (exact) mass is 353 g/mol. The predicted octanol–water partition coefficient (Wildman–Crippen LogP) is 3.63. The number of hydrogen-bond acceptors (Lipinski definition) is 4. The molecule has 2 amide bonds. The van der Waals surface area contributed by atoms with Crippen molar-refractivity contribution in [1.29, 1.82) is 0 Å². The number of methoxy groups -OCH3 is 1. The van der Waals surface area contributed by atoms with E-state index in [9.17, 15) is 4.79 Å². The van der Waals surface area contributed by atoms with Gasteiger partial charge in [0.15, 0.2) is 0 Å². The number of ether oxygens (including phenoxy) is 1. The molecule has 0 fully saturated rings. The van der Waals surface area contributed by atoms with Crippen molar-refractivity contribution < 1.29 is 9.53 Å².